The highest BCUT2D eigenvalue weighted by atomic mass is 17.3. The predicted octanol–water partition coefficient (Wildman–Crippen LogP) is -0.297. The van der Waals surface area contributed by atoms with E-state index >= 15 is 0 Å². The summed E-state index contributed by atoms with van der Waals surface area (Å²) in [6.07, 6.45) is 5.48. The minimum absolute atomic E-state index is 0.153. The van der Waals surface area contributed by atoms with Crippen molar-refractivity contribution in [2.45, 2.75) is 48.6 Å². The second-order valence-electron chi connectivity index (χ2n) is 7.84. The van der Waals surface area contributed by atoms with Crippen LogP contribution in [-0.4, -0.2) is 63.1 Å². The fourth-order valence-electron chi connectivity index (χ4n) is 5.88. The van der Waals surface area contributed by atoms with Crippen LogP contribution in [-0.2, 0) is 14.5 Å². The number of aliphatic hydroxyl groups is 3. The molecular weight excluding hydrogens is 314 g/mol. The second-order valence-corrected chi connectivity index (χ2v) is 7.84. The van der Waals surface area contributed by atoms with Gasteiger partial charge in [-0.15, -0.1) is 0 Å². The number of likely N-dealkylation sites (tertiary alicyclic amines) is 1. The standard InChI is InChI=1S/C17H19NO6/c1-18-7-6-14-12-9-2-5-16(21)13(12)22-17(14,24-23-16)11(19)3-4-15(14,20)10(18)8-9/h2-4,10-11,19-21H,5-8H2,1H3/t10-,11+,14-,15-,16?,17-/m1/s1. The summed E-state index contributed by atoms with van der Waals surface area (Å²) < 4.78 is 6.09. The second kappa shape index (κ2) is 3.65. The summed E-state index contributed by atoms with van der Waals surface area (Å²) in [7, 11) is 2.00. The predicted molar refractivity (Wildman–Crippen MR) is 78.8 cm³/mol. The molecule has 0 aromatic heterocycles. The fourth-order valence-corrected chi connectivity index (χ4v) is 5.88. The van der Waals surface area contributed by atoms with E-state index in [4.69, 9.17) is 14.5 Å². The molecule has 24 heavy (non-hydrogen) atoms. The maximum Gasteiger partial charge on any atom is 0.282 e. The Bertz CT molecular complexity index is 775. The molecule has 7 heteroatoms. The van der Waals surface area contributed by atoms with Crippen LogP contribution in [0.1, 0.15) is 19.3 Å². The lowest BCUT2D eigenvalue weighted by molar-refractivity contribution is -0.550. The number of aliphatic hydroxyl groups excluding tert-OH is 1. The quantitative estimate of drug-likeness (QED) is 0.414. The van der Waals surface area contributed by atoms with Crippen LogP contribution in [0.3, 0.4) is 0 Å². The van der Waals surface area contributed by atoms with Crippen molar-refractivity contribution in [2.24, 2.45) is 5.41 Å². The number of rotatable bonds is 0. The number of piperidine rings is 1. The van der Waals surface area contributed by atoms with E-state index in [2.05, 4.69) is 4.90 Å². The molecule has 0 aromatic carbocycles. The summed E-state index contributed by atoms with van der Waals surface area (Å²) >= 11 is 0. The van der Waals surface area contributed by atoms with Gasteiger partial charge in [-0.2, -0.15) is 9.78 Å². The van der Waals surface area contributed by atoms with Crippen molar-refractivity contribution in [3.05, 3.63) is 35.1 Å². The topological polar surface area (TPSA) is 91.6 Å². The third-order valence-electron chi connectivity index (χ3n) is 7.01. The average Bonchev–Trinajstić information content (AvgIpc) is 2.85. The van der Waals surface area contributed by atoms with Crippen molar-refractivity contribution < 1.29 is 29.8 Å². The van der Waals surface area contributed by atoms with Crippen molar-refractivity contribution >= 4 is 0 Å². The molecule has 6 rings (SSSR count). The van der Waals surface area contributed by atoms with E-state index in [1.165, 1.54) is 6.08 Å². The van der Waals surface area contributed by atoms with Crippen molar-refractivity contribution in [3.8, 4) is 0 Å². The molecule has 2 spiro atoms. The fraction of sp³-hybridized carbons (Fsp3) is 0.647. The average molecular weight is 333 g/mol. The maximum atomic E-state index is 11.8. The molecule has 6 atom stereocenters. The van der Waals surface area contributed by atoms with Crippen LogP contribution in [0.4, 0.5) is 0 Å². The molecule has 3 aliphatic heterocycles. The first-order chi connectivity index (χ1) is 11.4. The first kappa shape index (κ1) is 14.0. The lowest BCUT2D eigenvalue weighted by Crippen LogP contribution is -2.77. The Morgan fingerprint density at radius 2 is 2.12 bits per heavy atom. The number of hydrogen-bond donors (Lipinski definition) is 3. The van der Waals surface area contributed by atoms with E-state index in [-0.39, 0.29) is 12.5 Å². The Balaban J connectivity index is 1.74. The van der Waals surface area contributed by atoms with E-state index < -0.39 is 28.7 Å². The van der Waals surface area contributed by atoms with Crippen LogP contribution in [0, 0.1) is 5.41 Å². The van der Waals surface area contributed by atoms with Crippen LogP contribution in [0.2, 0.25) is 0 Å². The molecule has 2 saturated heterocycles. The van der Waals surface area contributed by atoms with Gasteiger partial charge in [0, 0.05) is 18.0 Å². The molecule has 128 valence electrons. The molecule has 6 aliphatic rings. The normalized spacial score (nSPS) is 56.9. The SMILES string of the molecule is CN1CC[C@]23C4=C5O[C@]26OOC5(O)CC=C4C[C@@H]1[C@]3(O)C=C[C@@H]6O. The number of nitrogens with zero attached hydrogens (tertiary/aromatic N) is 1. The first-order valence-corrected chi connectivity index (χ1v) is 8.41. The Hall–Kier alpha value is -1.22. The van der Waals surface area contributed by atoms with Gasteiger partial charge in [0.05, 0.1) is 0 Å². The summed E-state index contributed by atoms with van der Waals surface area (Å²) in [6.45, 7) is 0.727. The van der Waals surface area contributed by atoms with Gasteiger partial charge < -0.3 is 20.1 Å². The molecule has 7 nitrogen and oxygen atoms in total. The summed E-state index contributed by atoms with van der Waals surface area (Å²) in [5.74, 6) is -2.94. The third kappa shape index (κ3) is 1.08. The van der Waals surface area contributed by atoms with E-state index in [0.717, 1.165) is 17.7 Å². The van der Waals surface area contributed by atoms with Crippen LogP contribution in [0.5, 0.6) is 0 Å². The van der Waals surface area contributed by atoms with Gasteiger partial charge in [0.2, 0.25) is 0 Å². The Labute approximate surface area is 138 Å². The van der Waals surface area contributed by atoms with Gasteiger partial charge in [-0.25, -0.2) is 0 Å². The number of hydrogen-bond acceptors (Lipinski definition) is 7. The molecule has 0 radical (unpaired) electrons. The van der Waals surface area contributed by atoms with Gasteiger partial charge in [0.25, 0.3) is 11.6 Å². The van der Waals surface area contributed by atoms with Crippen molar-refractivity contribution in [3.63, 3.8) is 0 Å². The monoisotopic (exact) mass is 333 g/mol. The zero-order chi connectivity index (χ0) is 16.5. The van der Waals surface area contributed by atoms with Gasteiger partial charge in [0.1, 0.15) is 17.1 Å². The van der Waals surface area contributed by atoms with Crippen molar-refractivity contribution in [1.82, 2.24) is 4.90 Å². The Morgan fingerprint density at radius 3 is 2.96 bits per heavy atom. The molecular formula is C17H19NO6. The van der Waals surface area contributed by atoms with E-state index in [1.807, 2.05) is 13.1 Å². The molecule has 0 aromatic rings. The van der Waals surface area contributed by atoms with Crippen molar-refractivity contribution in [2.75, 3.05) is 13.6 Å². The van der Waals surface area contributed by atoms with Crippen molar-refractivity contribution in [1.29, 1.82) is 0 Å². The molecule has 3 N–H and O–H groups in total. The summed E-state index contributed by atoms with van der Waals surface area (Å²) in [4.78, 5) is 13.1. The van der Waals surface area contributed by atoms with Gasteiger partial charge in [-0.05, 0) is 32.0 Å². The van der Waals surface area contributed by atoms with Crippen LogP contribution in [0.25, 0.3) is 0 Å². The van der Waals surface area contributed by atoms with Gasteiger partial charge >= 0.3 is 0 Å². The van der Waals surface area contributed by atoms with Crippen LogP contribution in [0.15, 0.2) is 35.1 Å². The smallest absolute Gasteiger partial charge is 0.282 e. The highest BCUT2D eigenvalue weighted by Crippen LogP contribution is 2.73. The Morgan fingerprint density at radius 1 is 1.29 bits per heavy atom. The summed E-state index contributed by atoms with van der Waals surface area (Å²) in [5, 5.41) is 33.3. The molecule has 0 amide bonds. The summed E-state index contributed by atoms with van der Waals surface area (Å²) in [5.41, 5.74) is -0.437. The van der Waals surface area contributed by atoms with E-state index in [0.29, 0.717) is 18.6 Å². The summed E-state index contributed by atoms with van der Waals surface area (Å²) in [6, 6.07) is -0.153. The number of ether oxygens (including phenoxy) is 1. The Kier molecular flexibility index (Phi) is 2.13. The van der Waals surface area contributed by atoms with Crippen LogP contribution < -0.4 is 0 Å². The highest BCUT2D eigenvalue weighted by molar-refractivity contribution is 5.59. The minimum Gasteiger partial charge on any atom is -0.454 e. The largest absolute Gasteiger partial charge is 0.454 e. The van der Waals surface area contributed by atoms with E-state index in [9.17, 15) is 15.3 Å². The molecule has 3 fully saturated rings. The minimum atomic E-state index is -1.69. The zero-order valence-electron chi connectivity index (χ0n) is 13.2. The maximum absolute atomic E-state index is 11.8. The molecule has 1 unspecified atom stereocenters. The molecule has 4 bridgehead atoms. The highest BCUT2D eigenvalue weighted by Gasteiger charge is 2.83. The first-order valence-electron chi connectivity index (χ1n) is 8.41. The van der Waals surface area contributed by atoms with E-state index in [1.54, 1.807) is 6.08 Å². The molecule has 1 saturated carbocycles. The number of likely N-dealkylation sites (N-methyl/N-ethyl adjacent to an activating group) is 1. The zero-order valence-corrected chi connectivity index (χ0v) is 13.2. The van der Waals surface area contributed by atoms with Gasteiger partial charge in [0.15, 0.2) is 5.76 Å². The lowest BCUT2D eigenvalue weighted by Gasteiger charge is -2.64. The van der Waals surface area contributed by atoms with Crippen LogP contribution >= 0.6 is 0 Å². The lowest BCUT2D eigenvalue weighted by atomic mass is 9.47. The third-order valence-corrected chi connectivity index (χ3v) is 7.01. The van der Waals surface area contributed by atoms with Gasteiger partial charge in [-0.1, -0.05) is 18.2 Å². The molecule has 3 heterocycles. The van der Waals surface area contributed by atoms with Gasteiger partial charge in [-0.3, -0.25) is 4.90 Å². The molecule has 3 aliphatic carbocycles.